The third-order valence-electron chi connectivity index (χ3n) is 0.805. The molecule has 0 spiro atoms. The molecule has 0 saturated carbocycles. The zero-order valence-corrected chi connectivity index (χ0v) is 6.56. The van der Waals surface area contributed by atoms with Crippen molar-refractivity contribution in [2.75, 3.05) is 0 Å². The first-order valence-corrected chi connectivity index (χ1v) is 3.11. The van der Waals surface area contributed by atoms with Crippen molar-refractivity contribution in [3.8, 4) is 0 Å². The van der Waals surface area contributed by atoms with E-state index in [-0.39, 0.29) is 0 Å². The Balaban J connectivity index is 3.46. The van der Waals surface area contributed by atoms with Crippen molar-refractivity contribution in [1.82, 2.24) is 3.38 Å². The molecule has 0 rings (SSSR count). The molecule has 0 aromatic heterocycles. The second-order valence-corrected chi connectivity index (χ2v) is 2.48. The average Bonchev–Trinajstić information content (AvgIpc) is 1.64. The molecule has 3 nitrogen and oxygen atoms in total. The molecule has 2 atom stereocenters. The van der Waals surface area contributed by atoms with Crippen molar-refractivity contribution in [3.63, 3.8) is 0 Å². The van der Waals surface area contributed by atoms with Gasteiger partial charge in [-0.15, -0.1) is 0 Å². The predicted octanol–water partition coefficient (Wildman–Crippen LogP) is -0.573. The summed E-state index contributed by atoms with van der Waals surface area (Å²) in [5, 5.41) is 17.5. The van der Waals surface area contributed by atoms with Gasteiger partial charge in [0.1, 0.15) is 0 Å². The van der Waals surface area contributed by atoms with Crippen LogP contribution in [0.1, 0.15) is 13.8 Å². The molecule has 0 saturated heterocycles. The van der Waals surface area contributed by atoms with Crippen LogP contribution in [0, 0.1) is 0 Å². The molecular formula is C4H10NO2Ti. The van der Waals surface area contributed by atoms with Crippen LogP contribution in [-0.4, -0.2) is 26.1 Å². The van der Waals surface area contributed by atoms with Crippen LogP contribution in [-0.2, 0) is 20.7 Å². The summed E-state index contributed by atoms with van der Waals surface area (Å²) in [6.45, 7) is 3.21. The Bertz CT molecular complexity index is 59.1. The Labute approximate surface area is 61.0 Å². The molecule has 2 unspecified atom stereocenters. The van der Waals surface area contributed by atoms with Gasteiger partial charge in [-0.3, -0.25) is 0 Å². The molecule has 0 aliphatic carbocycles. The van der Waals surface area contributed by atoms with Crippen LogP contribution >= 0.6 is 0 Å². The molecular weight excluding hydrogens is 142 g/mol. The summed E-state index contributed by atoms with van der Waals surface area (Å²) in [5.41, 5.74) is 0. The normalized spacial score (nSPS) is 18.5. The summed E-state index contributed by atoms with van der Waals surface area (Å²) < 4.78 is 1.44. The third-order valence-corrected chi connectivity index (χ3v) is 1.97. The first kappa shape index (κ1) is 8.59. The summed E-state index contributed by atoms with van der Waals surface area (Å²) in [5.74, 6) is 0. The summed E-state index contributed by atoms with van der Waals surface area (Å²) in [6.07, 6.45) is -1.15. The Morgan fingerprint density at radius 2 is 1.50 bits per heavy atom. The summed E-state index contributed by atoms with van der Waals surface area (Å²) in [7, 11) is 0. The number of nitrogens with zero attached hydrogens (tertiary/aromatic N) is 1. The molecule has 47 valence electrons. The number of aliphatic hydroxyl groups is 2. The van der Waals surface area contributed by atoms with Gasteiger partial charge < -0.3 is 0 Å². The van der Waals surface area contributed by atoms with E-state index in [1.54, 1.807) is 34.5 Å². The third kappa shape index (κ3) is 2.79. The van der Waals surface area contributed by atoms with Gasteiger partial charge in [-0.05, 0) is 0 Å². The van der Waals surface area contributed by atoms with Crippen molar-refractivity contribution >= 4 is 0 Å². The first-order chi connectivity index (χ1) is 3.55. The van der Waals surface area contributed by atoms with Gasteiger partial charge in [0, 0.05) is 0 Å². The second kappa shape index (κ2) is 3.59. The van der Waals surface area contributed by atoms with Gasteiger partial charge in [0.2, 0.25) is 0 Å². The van der Waals surface area contributed by atoms with Crippen LogP contribution in [0.2, 0.25) is 0 Å². The van der Waals surface area contributed by atoms with Crippen LogP contribution in [0.3, 0.4) is 0 Å². The molecule has 2 N–H and O–H groups in total. The van der Waals surface area contributed by atoms with E-state index in [0.717, 1.165) is 0 Å². The summed E-state index contributed by atoms with van der Waals surface area (Å²) in [4.78, 5) is 0. The Morgan fingerprint density at radius 3 is 1.50 bits per heavy atom. The number of hydrogen-bond donors (Lipinski definition) is 2. The van der Waals surface area contributed by atoms with Gasteiger partial charge in [-0.1, -0.05) is 0 Å². The number of hydrogen-bond acceptors (Lipinski definition) is 3. The Kier molecular flexibility index (Phi) is 3.85. The number of rotatable bonds is 2. The molecule has 0 aliphatic heterocycles. The van der Waals surface area contributed by atoms with Crippen molar-refractivity contribution in [2.45, 2.75) is 26.3 Å². The molecule has 0 amide bonds. The standard InChI is InChI=1S/C4H10NO2.Ti/c1-3(6)5-4(2)7;/h3-4,6-7H,1-2H3;/q-1;+1. The van der Waals surface area contributed by atoms with Crippen molar-refractivity contribution in [1.29, 1.82) is 0 Å². The minimum absolute atomic E-state index is 0.574. The van der Waals surface area contributed by atoms with E-state index in [9.17, 15) is 0 Å². The molecule has 0 bridgehead atoms. The van der Waals surface area contributed by atoms with Gasteiger partial charge in [0.25, 0.3) is 0 Å². The van der Waals surface area contributed by atoms with Gasteiger partial charge in [0.05, 0.1) is 0 Å². The fourth-order valence-electron chi connectivity index (χ4n) is 0.312. The zero-order valence-electron chi connectivity index (χ0n) is 5.00. The van der Waals surface area contributed by atoms with Crippen LogP contribution in [0.15, 0.2) is 0 Å². The van der Waals surface area contributed by atoms with Crippen LogP contribution in [0.25, 0.3) is 0 Å². The maximum absolute atomic E-state index is 8.76. The Morgan fingerprint density at radius 1 is 1.25 bits per heavy atom. The first-order valence-electron chi connectivity index (χ1n) is 2.41. The fourth-order valence-corrected chi connectivity index (χ4v) is 0.312. The van der Waals surface area contributed by atoms with E-state index in [0.29, 0.717) is 0 Å². The van der Waals surface area contributed by atoms with Crippen LogP contribution in [0.4, 0.5) is 0 Å². The average molecular weight is 152 g/mol. The summed E-state index contributed by atoms with van der Waals surface area (Å²) in [6, 6.07) is 0. The molecule has 4 heteroatoms. The van der Waals surface area contributed by atoms with E-state index in [1.807, 2.05) is 0 Å². The van der Waals surface area contributed by atoms with Gasteiger partial charge in [-0.2, -0.15) is 0 Å². The molecule has 0 radical (unpaired) electrons. The molecule has 0 aromatic rings. The zero-order chi connectivity index (χ0) is 6.73. The van der Waals surface area contributed by atoms with E-state index < -0.39 is 12.5 Å². The van der Waals surface area contributed by atoms with E-state index in [1.165, 1.54) is 3.38 Å². The Hall–Kier alpha value is 0.594. The van der Waals surface area contributed by atoms with E-state index >= 15 is 0 Å². The van der Waals surface area contributed by atoms with Crippen LogP contribution < -0.4 is 0 Å². The van der Waals surface area contributed by atoms with Gasteiger partial charge in [-0.25, -0.2) is 0 Å². The molecule has 0 heterocycles. The SMILES string of the molecule is CC(O)[N]([Ti])C(C)O. The molecule has 0 aliphatic rings. The predicted molar refractivity (Wildman–Crippen MR) is 25.2 cm³/mol. The van der Waals surface area contributed by atoms with Crippen molar-refractivity contribution in [2.24, 2.45) is 0 Å². The second-order valence-electron chi connectivity index (χ2n) is 1.67. The topological polar surface area (TPSA) is 43.7 Å². The fraction of sp³-hybridized carbons (Fsp3) is 1.00. The van der Waals surface area contributed by atoms with Crippen molar-refractivity contribution in [3.05, 3.63) is 0 Å². The quantitative estimate of drug-likeness (QED) is 0.411. The van der Waals surface area contributed by atoms with Gasteiger partial charge >= 0.3 is 60.6 Å². The number of aliphatic hydroxyl groups excluding tert-OH is 2. The molecule has 0 aromatic carbocycles. The molecule has 0 fully saturated rings. The van der Waals surface area contributed by atoms with E-state index in [2.05, 4.69) is 0 Å². The monoisotopic (exact) mass is 152 g/mol. The van der Waals surface area contributed by atoms with Gasteiger partial charge in [0.15, 0.2) is 0 Å². The van der Waals surface area contributed by atoms with Crippen molar-refractivity contribution < 1.29 is 30.9 Å². The minimum atomic E-state index is -0.574. The maximum atomic E-state index is 8.76. The van der Waals surface area contributed by atoms with E-state index in [4.69, 9.17) is 10.2 Å². The van der Waals surface area contributed by atoms with Crippen LogP contribution in [0.5, 0.6) is 0 Å². The molecule has 8 heavy (non-hydrogen) atoms. The summed E-state index contributed by atoms with van der Waals surface area (Å²) >= 11 is 1.65.